The van der Waals surface area contributed by atoms with Crippen molar-refractivity contribution in [2.75, 3.05) is 32.7 Å². The molecule has 0 aromatic heterocycles. The van der Waals surface area contributed by atoms with Crippen LogP contribution < -0.4 is 5.32 Å². The Morgan fingerprint density at radius 1 is 1.25 bits per heavy atom. The molecule has 0 aliphatic carbocycles. The summed E-state index contributed by atoms with van der Waals surface area (Å²) in [6, 6.07) is 0. The first-order chi connectivity index (χ1) is 7.84. The fourth-order valence-corrected chi connectivity index (χ4v) is 2.60. The Bertz CT molecular complexity index is 231. The molecule has 1 atom stereocenters. The van der Waals surface area contributed by atoms with Crippen molar-refractivity contribution in [2.24, 2.45) is 10.9 Å². The van der Waals surface area contributed by atoms with E-state index in [9.17, 15) is 0 Å². The van der Waals surface area contributed by atoms with Crippen molar-refractivity contribution >= 4 is 5.84 Å². The second-order valence-electron chi connectivity index (χ2n) is 5.28. The number of rotatable bonds is 4. The van der Waals surface area contributed by atoms with Gasteiger partial charge in [0.05, 0.1) is 5.84 Å². The number of nitrogens with one attached hydrogen (secondary N) is 1. The Labute approximate surface area is 99.3 Å². The van der Waals surface area contributed by atoms with Gasteiger partial charge in [-0.05, 0) is 44.7 Å². The standard InChI is InChI=1S/C13H25N3/c1-12(11-16-8-4-5-9-16)10-15-13-6-2-3-7-14-13/h12H,2-11H2,1H3,(H,14,15). The Kier molecular flexibility index (Phi) is 4.64. The molecular formula is C13H25N3. The number of amidine groups is 1. The molecule has 92 valence electrons. The molecule has 1 saturated heterocycles. The highest BCUT2D eigenvalue weighted by Gasteiger charge is 2.15. The minimum atomic E-state index is 0.739. The Balaban J connectivity index is 1.62. The molecule has 16 heavy (non-hydrogen) atoms. The van der Waals surface area contributed by atoms with E-state index in [1.54, 1.807) is 0 Å². The van der Waals surface area contributed by atoms with E-state index in [-0.39, 0.29) is 0 Å². The summed E-state index contributed by atoms with van der Waals surface area (Å²) in [5, 5.41) is 3.52. The van der Waals surface area contributed by atoms with Crippen molar-refractivity contribution in [1.29, 1.82) is 0 Å². The van der Waals surface area contributed by atoms with E-state index in [1.165, 1.54) is 51.2 Å². The molecule has 2 aliphatic heterocycles. The van der Waals surface area contributed by atoms with E-state index >= 15 is 0 Å². The first-order valence-electron chi connectivity index (χ1n) is 6.84. The lowest BCUT2D eigenvalue weighted by Gasteiger charge is -2.22. The highest BCUT2D eigenvalue weighted by molar-refractivity contribution is 5.82. The van der Waals surface area contributed by atoms with Crippen molar-refractivity contribution in [3.63, 3.8) is 0 Å². The van der Waals surface area contributed by atoms with Crippen molar-refractivity contribution < 1.29 is 0 Å². The topological polar surface area (TPSA) is 27.6 Å². The third-order valence-electron chi connectivity index (χ3n) is 3.55. The van der Waals surface area contributed by atoms with E-state index in [2.05, 4.69) is 22.1 Å². The molecule has 3 heteroatoms. The summed E-state index contributed by atoms with van der Waals surface area (Å²) in [6.45, 7) is 8.34. The quantitative estimate of drug-likeness (QED) is 0.788. The van der Waals surface area contributed by atoms with Crippen LogP contribution in [0.15, 0.2) is 4.99 Å². The summed E-state index contributed by atoms with van der Waals surface area (Å²) in [6.07, 6.45) is 6.54. The molecule has 0 radical (unpaired) electrons. The van der Waals surface area contributed by atoms with Gasteiger partial charge >= 0.3 is 0 Å². The van der Waals surface area contributed by atoms with Crippen LogP contribution in [0.2, 0.25) is 0 Å². The van der Waals surface area contributed by atoms with Crippen LogP contribution in [0.4, 0.5) is 0 Å². The highest BCUT2D eigenvalue weighted by atomic mass is 15.1. The monoisotopic (exact) mass is 223 g/mol. The molecule has 0 saturated carbocycles. The van der Waals surface area contributed by atoms with Crippen LogP contribution in [0.3, 0.4) is 0 Å². The van der Waals surface area contributed by atoms with Gasteiger partial charge in [0.15, 0.2) is 0 Å². The second kappa shape index (κ2) is 6.24. The van der Waals surface area contributed by atoms with E-state index in [0.29, 0.717) is 0 Å². The first-order valence-corrected chi connectivity index (χ1v) is 6.84. The lowest BCUT2D eigenvalue weighted by molar-refractivity contribution is 0.287. The lowest BCUT2D eigenvalue weighted by atomic mass is 10.1. The predicted molar refractivity (Wildman–Crippen MR) is 69.0 cm³/mol. The van der Waals surface area contributed by atoms with E-state index in [0.717, 1.165) is 25.4 Å². The van der Waals surface area contributed by atoms with Gasteiger partial charge in [-0.1, -0.05) is 6.92 Å². The fourth-order valence-electron chi connectivity index (χ4n) is 2.60. The summed E-state index contributed by atoms with van der Waals surface area (Å²) in [7, 11) is 0. The summed E-state index contributed by atoms with van der Waals surface area (Å²) in [4.78, 5) is 7.12. The smallest absolute Gasteiger partial charge is 0.0963 e. The van der Waals surface area contributed by atoms with Gasteiger partial charge in [-0.25, -0.2) is 0 Å². The summed E-state index contributed by atoms with van der Waals surface area (Å²) in [5.74, 6) is 1.99. The molecule has 0 amide bonds. The molecule has 1 unspecified atom stereocenters. The Morgan fingerprint density at radius 2 is 2.06 bits per heavy atom. The third kappa shape index (κ3) is 3.78. The zero-order chi connectivity index (χ0) is 11.2. The lowest BCUT2D eigenvalue weighted by Crippen LogP contribution is -2.35. The van der Waals surface area contributed by atoms with E-state index in [1.807, 2.05) is 0 Å². The van der Waals surface area contributed by atoms with Crippen molar-refractivity contribution in [3.8, 4) is 0 Å². The molecule has 2 heterocycles. The molecule has 2 rings (SSSR count). The maximum atomic E-state index is 4.53. The molecule has 3 nitrogen and oxygen atoms in total. The molecule has 0 aromatic rings. The molecule has 0 aromatic carbocycles. The average molecular weight is 223 g/mol. The van der Waals surface area contributed by atoms with Crippen molar-refractivity contribution in [3.05, 3.63) is 0 Å². The number of likely N-dealkylation sites (tertiary alicyclic amines) is 1. The summed E-state index contributed by atoms with van der Waals surface area (Å²) < 4.78 is 0. The molecular weight excluding hydrogens is 198 g/mol. The maximum absolute atomic E-state index is 4.53. The van der Waals surface area contributed by atoms with Crippen LogP contribution in [0.25, 0.3) is 0 Å². The minimum Gasteiger partial charge on any atom is -0.374 e. The minimum absolute atomic E-state index is 0.739. The number of hydrogen-bond acceptors (Lipinski definition) is 3. The maximum Gasteiger partial charge on any atom is 0.0963 e. The largest absolute Gasteiger partial charge is 0.374 e. The zero-order valence-electron chi connectivity index (χ0n) is 10.5. The van der Waals surface area contributed by atoms with Gasteiger partial charge in [-0.3, -0.25) is 4.99 Å². The molecule has 2 aliphatic rings. The highest BCUT2D eigenvalue weighted by Crippen LogP contribution is 2.10. The predicted octanol–water partition coefficient (Wildman–Crippen LogP) is 1.89. The van der Waals surface area contributed by atoms with Gasteiger partial charge < -0.3 is 10.2 Å². The average Bonchev–Trinajstić information content (AvgIpc) is 2.81. The van der Waals surface area contributed by atoms with E-state index < -0.39 is 0 Å². The van der Waals surface area contributed by atoms with Crippen LogP contribution >= 0.6 is 0 Å². The van der Waals surface area contributed by atoms with E-state index in [4.69, 9.17) is 0 Å². The SMILES string of the molecule is CC(CNC1=NCCCC1)CN1CCCC1. The zero-order valence-corrected chi connectivity index (χ0v) is 10.5. The number of aliphatic imine (C=N–C) groups is 1. The normalized spacial score (nSPS) is 24.2. The molecule has 1 fully saturated rings. The van der Waals surface area contributed by atoms with Gasteiger partial charge in [-0.15, -0.1) is 0 Å². The molecule has 0 spiro atoms. The summed E-state index contributed by atoms with van der Waals surface area (Å²) in [5.41, 5.74) is 0. The second-order valence-corrected chi connectivity index (χ2v) is 5.28. The number of hydrogen-bond donors (Lipinski definition) is 1. The van der Waals surface area contributed by atoms with Gasteiger partial charge in [-0.2, -0.15) is 0 Å². The van der Waals surface area contributed by atoms with Crippen molar-refractivity contribution in [1.82, 2.24) is 10.2 Å². The molecule has 0 bridgehead atoms. The van der Waals surface area contributed by atoms with Crippen LogP contribution in [0.1, 0.15) is 39.0 Å². The van der Waals surface area contributed by atoms with Gasteiger partial charge in [0, 0.05) is 26.1 Å². The Morgan fingerprint density at radius 3 is 2.75 bits per heavy atom. The third-order valence-corrected chi connectivity index (χ3v) is 3.55. The summed E-state index contributed by atoms with van der Waals surface area (Å²) >= 11 is 0. The Hall–Kier alpha value is -0.570. The molecule has 1 N–H and O–H groups in total. The van der Waals surface area contributed by atoms with Gasteiger partial charge in [0.1, 0.15) is 0 Å². The van der Waals surface area contributed by atoms with Crippen LogP contribution in [0.5, 0.6) is 0 Å². The first kappa shape index (κ1) is 11.9. The van der Waals surface area contributed by atoms with Crippen LogP contribution in [-0.4, -0.2) is 43.5 Å². The number of nitrogens with zero attached hydrogens (tertiary/aromatic N) is 2. The van der Waals surface area contributed by atoms with Crippen molar-refractivity contribution in [2.45, 2.75) is 39.0 Å². The van der Waals surface area contributed by atoms with Gasteiger partial charge in [0.2, 0.25) is 0 Å². The fraction of sp³-hybridized carbons (Fsp3) is 0.923. The van der Waals surface area contributed by atoms with Crippen LogP contribution in [-0.2, 0) is 0 Å². The van der Waals surface area contributed by atoms with Gasteiger partial charge in [0.25, 0.3) is 0 Å². The van der Waals surface area contributed by atoms with Crippen LogP contribution in [0, 0.1) is 5.92 Å².